The first-order valence-electron chi connectivity index (χ1n) is 8.80. The average molecular weight is 427 g/mol. The molecule has 0 unspecified atom stereocenters. The molecule has 1 N–H and O–H groups in total. The lowest BCUT2D eigenvalue weighted by atomic mass is 10.1. The van der Waals surface area contributed by atoms with Gasteiger partial charge in [-0.1, -0.05) is 41.4 Å². The number of para-hydroxylation sites is 1. The van der Waals surface area contributed by atoms with Crippen LogP contribution < -0.4 is 15.0 Å². The van der Waals surface area contributed by atoms with Crippen molar-refractivity contribution in [2.45, 2.75) is 6.61 Å². The van der Waals surface area contributed by atoms with Gasteiger partial charge in [-0.3, -0.25) is 4.79 Å². The Balaban J connectivity index is 1.66. The molecule has 4 aromatic rings. The number of aromatic nitrogens is 2. The van der Waals surface area contributed by atoms with Crippen molar-refractivity contribution in [2.24, 2.45) is 0 Å². The fourth-order valence-corrected chi connectivity index (χ4v) is 3.48. The Hall–Kier alpha value is -3.02. The van der Waals surface area contributed by atoms with Crippen molar-refractivity contribution >= 4 is 34.1 Å². The van der Waals surface area contributed by atoms with Gasteiger partial charge in [0, 0.05) is 21.2 Å². The Labute approximate surface area is 176 Å². The van der Waals surface area contributed by atoms with Gasteiger partial charge in [0.15, 0.2) is 11.5 Å². The number of fused-ring (bicyclic) bond motifs is 1. The molecular weight excluding hydrogens is 411 g/mol. The summed E-state index contributed by atoms with van der Waals surface area (Å²) >= 11 is 12.4. The Morgan fingerprint density at radius 3 is 2.48 bits per heavy atom. The van der Waals surface area contributed by atoms with Gasteiger partial charge in [-0.2, -0.15) is 0 Å². The smallest absolute Gasteiger partial charge is 0.259 e. The van der Waals surface area contributed by atoms with E-state index >= 15 is 0 Å². The highest BCUT2D eigenvalue weighted by molar-refractivity contribution is 6.35. The number of nitrogens with zero attached hydrogens (tertiary/aromatic N) is 1. The number of H-pyrrole nitrogens is 1. The van der Waals surface area contributed by atoms with E-state index in [-0.39, 0.29) is 12.2 Å². The molecular formula is C22H16Cl2N2O3. The average Bonchev–Trinajstić information content (AvgIpc) is 2.73. The number of methoxy groups -OCH3 is 1. The van der Waals surface area contributed by atoms with Crippen LogP contribution in [0.1, 0.15) is 5.56 Å². The number of halogens is 2. The third-order valence-electron chi connectivity index (χ3n) is 4.48. The normalized spacial score (nSPS) is 10.9. The maximum atomic E-state index is 12.3. The molecule has 0 saturated carbocycles. The molecule has 0 bridgehead atoms. The molecule has 0 radical (unpaired) electrons. The van der Waals surface area contributed by atoms with Crippen LogP contribution in [0.2, 0.25) is 10.0 Å². The van der Waals surface area contributed by atoms with Crippen LogP contribution in [0.5, 0.6) is 11.5 Å². The summed E-state index contributed by atoms with van der Waals surface area (Å²) < 4.78 is 11.3. The van der Waals surface area contributed by atoms with E-state index in [1.807, 2.05) is 6.07 Å². The lowest BCUT2D eigenvalue weighted by Gasteiger charge is -2.13. The molecule has 0 saturated heterocycles. The monoisotopic (exact) mass is 426 g/mol. The van der Waals surface area contributed by atoms with Crippen molar-refractivity contribution in [3.8, 4) is 22.9 Å². The zero-order valence-electron chi connectivity index (χ0n) is 15.4. The second-order valence-corrected chi connectivity index (χ2v) is 7.10. The summed E-state index contributed by atoms with van der Waals surface area (Å²) in [6.07, 6.45) is 0. The van der Waals surface area contributed by atoms with Crippen molar-refractivity contribution in [3.63, 3.8) is 0 Å². The van der Waals surface area contributed by atoms with E-state index < -0.39 is 0 Å². The van der Waals surface area contributed by atoms with E-state index in [1.54, 1.807) is 61.7 Å². The largest absolute Gasteiger partial charge is 0.493 e. The lowest BCUT2D eigenvalue weighted by molar-refractivity contribution is 0.285. The molecule has 1 aromatic heterocycles. The summed E-state index contributed by atoms with van der Waals surface area (Å²) in [7, 11) is 1.55. The van der Waals surface area contributed by atoms with Crippen LogP contribution in [0, 0.1) is 0 Å². The molecule has 0 aliphatic heterocycles. The number of hydrogen-bond acceptors (Lipinski definition) is 4. The van der Waals surface area contributed by atoms with E-state index in [0.29, 0.717) is 49.4 Å². The fraction of sp³-hybridized carbons (Fsp3) is 0.0909. The molecule has 4 rings (SSSR count). The molecule has 0 amide bonds. The Morgan fingerprint density at radius 1 is 0.966 bits per heavy atom. The number of hydrogen-bond donors (Lipinski definition) is 1. The van der Waals surface area contributed by atoms with E-state index in [9.17, 15) is 4.79 Å². The van der Waals surface area contributed by atoms with Crippen molar-refractivity contribution in [2.75, 3.05) is 7.11 Å². The third kappa shape index (κ3) is 3.92. The SMILES string of the molecule is COc1cc(-c2nc3ccccc3c(=O)[nH]2)ccc1OCc1c(Cl)cccc1Cl. The molecule has 0 aliphatic carbocycles. The summed E-state index contributed by atoms with van der Waals surface area (Å²) in [5.74, 6) is 1.48. The summed E-state index contributed by atoms with van der Waals surface area (Å²) in [4.78, 5) is 19.7. The highest BCUT2D eigenvalue weighted by Gasteiger charge is 2.12. The van der Waals surface area contributed by atoms with E-state index in [2.05, 4.69) is 9.97 Å². The van der Waals surface area contributed by atoms with Crippen molar-refractivity contribution < 1.29 is 9.47 Å². The molecule has 7 heteroatoms. The summed E-state index contributed by atoms with van der Waals surface area (Å²) in [6.45, 7) is 0.194. The highest BCUT2D eigenvalue weighted by atomic mass is 35.5. The summed E-state index contributed by atoms with van der Waals surface area (Å²) in [6, 6.07) is 17.8. The molecule has 3 aromatic carbocycles. The van der Waals surface area contributed by atoms with Crippen LogP contribution >= 0.6 is 23.2 Å². The van der Waals surface area contributed by atoms with Crippen LogP contribution in [-0.2, 0) is 6.61 Å². The highest BCUT2D eigenvalue weighted by Crippen LogP contribution is 2.33. The minimum absolute atomic E-state index is 0.194. The van der Waals surface area contributed by atoms with Gasteiger partial charge in [-0.25, -0.2) is 4.98 Å². The van der Waals surface area contributed by atoms with Gasteiger partial charge < -0.3 is 14.5 Å². The van der Waals surface area contributed by atoms with Crippen LogP contribution in [0.15, 0.2) is 65.5 Å². The number of aromatic amines is 1. The van der Waals surface area contributed by atoms with Crippen LogP contribution in [0.3, 0.4) is 0 Å². The van der Waals surface area contributed by atoms with Crippen molar-refractivity contribution in [3.05, 3.63) is 86.6 Å². The predicted octanol–water partition coefficient (Wildman–Crippen LogP) is 5.48. The quantitative estimate of drug-likeness (QED) is 0.458. The molecule has 0 aliphatic rings. The molecule has 0 spiro atoms. The molecule has 29 heavy (non-hydrogen) atoms. The van der Waals surface area contributed by atoms with E-state index in [1.165, 1.54) is 0 Å². The number of nitrogens with one attached hydrogen (secondary N) is 1. The first kappa shape index (κ1) is 19.3. The molecule has 5 nitrogen and oxygen atoms in total. The topological polar surface area (TPSA) is 64.2 Å². The van der Waals surface area contributed by atoms with Gasteiger partial charge in [0.05, 0.1) is 18.0 Å². The second-order valence-electron chi connectivity index (χ2n) is 6.29. The molecule has 0 atom stereocenters. The molecule has 146 valence electrons. The predicted molar refractivity (Wildman–Crippen MR) is 115 cm³/mol. The fourth-order valence-electron chi connectivity index (χ4n) is 2.98. The number of ether oxygens (including phenoxy) is 2. The summed E-state index contributed by atoms with van der Waals surface area (Å²) in [5, 5.41) is 1.61. The first-order valence-corrected chi connectivity index (χ1v) is 9.55. The lowest BCUT2D eigenvalue weighted by Crippen LogP contribution is -2.09. The Kier molecular flexibility index (Phi) is 5.43. The Bertz CT molecular complexity index is 1230. The molecule has 0 fully saturated rings. The van der Waals surface area contributed by atoms with Crippen LogP contribution in [0.25, 0.3) is 22.3 Å². The Morgan fingerprint density at radius 2 is 1.72 bits per heavy atom. The zero-order chi connectivity index (χ0) is 20.4. The van der Waals surface area contributed by atoms with E-state index in [4.69, 9.17) is 32.7 Å². The van der Waals surface area contributed by atoms with Crippen LogP contribution in [0.4, 0.5) is 0 Å². The molecule has 1 heterocycles. The van der Waals surface area contributed by atoms with Gasteiger partial charge in [0.2, 0.25) is 0 Å². The van der Waals surface area contributed by atoms with Gasteiger partial charge in [0.1, 0.15) is 12.4 Å². The van der Waals surface area contributed by atoms with Crippen molar-refractivity contribution in [1.82, 2.24) is 9.97 Å². The van der Waals surface area contributed by atoms with Gasteiger partial charge >= 0.3 is 0 Å². The second kappa shape index (κ2) is 8.15. The minimum Gasteiger partial charge on any atom is -0.493 e. The first-order chi connectivity index (χ1) is 14.1. The van der Waals surface area contributed by atoms with E-state index in [0.717, 1.165) is 0 Å². The third-order valence-corrected chi connectivity index (χ3v) is 5.19. The van der Waals surface area contributed by atoms with Gasteiger partial charge in [0.25, 0.3) is 5.56 Å². The maximum Gasteiger partial charge on any atom is 0.259 e. The van der Waals surface area contributed by atoms with Crippen LogP contribution in [-0.4, -0.2) is 17.1 Å². The maximum absolute atomic E-state index is 12.3. The van der Waals surface area contributed by atoms with Gasteiger partial charge in [-0.15, -0.1) is 0 Å². The minimum atomic E-state index is -0.196. The standard InChI is InChI=1S/C22H16Cl2N2O3/c1-28-20-11-13(21-25-18-8-3-2-5-14(18)22(27)26-21)9-10-19(20)29-12-15-16(23)6-4-7-17(15)24/h2-11H,12H2,1H3,(H,25,26,27). The summed E-state index contributed by atoms with van der Waals surface area (Å²) in [5.41, 5.74) is 1.83. The zero-order valence-corrected chi connectivity index (χ0v) is 16.9. The number of rotatable bonds is 5. The number of benzene rings is 3. The van der Waals surface area contributed by atoms with Crippen molar-refractivity contribution in [1.29, 1.82) is 0 Å². The van der Waals surface area contributed by atoms with Gasteiger partial charge in [-0.05, 0) is 42.5 Å².